The van der Waals surface area contributed by atoms with Gasteiger partial charge in [-0.3, -0.25) is 4.98 Å². The molecule has 0 aliphatic carbocycles. The standard InChI is InChI=1S/C23H28N2O2SSi/c1-23(2,3)29(20-10-6-4-7-11-20,21-12-8-5-9-13-21)26-17-19(18-28)27-22-16-24-14-15-25-22/h4-16,19,28H,17-18H2,1-3H3. The third-order valence-electron chi connectivity index (χ3n) is 4.93. The fourth-order valence-electron chi connectivity index (χ4n) is 3.62. The van der Waals surface area contributed by atoms with Crippen LogP contribution in [0.3, 0.4) is 0 Å². The molecule has 1 atom stereocenters. The van der Waals surface area contributed by atoms with Crippen LogP contribution in [0.1, 0.15) is 20.8 Å². The molecule has 0 saturated carbocycles. The van der Waals surface area contributed by atoms with Crippen LogP contribution in [0.4, 0.5) is 0 Å². The first-order chi connectivity index (χ1) is 14.0. The van der Waals surface area contributed by atoms with Gasteiger partial charge in [0.1, 0.15) is 6.10 Å². The van der Waals surface area contributed by atoms with E-state index in [0.717, 1.165) is 0 Å². The van der Waals surface area contributed by atoms with Gasteiger partial charge in [0.15, 0.2) is 0 Å². The predicted molar refractivity (Wildman–Crippen MR) is 124 cm³/mol. The number of aromatic nitrogens is 2. The first-order valence-corrected chi connectivity index (χ1v) is 12.3. The van der Waals surface area contributed by atoms with E-state index >= 15 is 0 Å². The van der Waals surface area contributed by atoms with E-state index in [2.05, 4.69) is 91.9 Å². The Morgan fingerprint density at radius 1 is 0.931 bits per heavy atom. The SMILES string of the molecule is CC(C)(C)[Si](OCC(CS)Oc1cnccn1)(c1ccccc1)c1ccccc1. The Labute approximate surface area is 179 Å². The molecule has 152 valence electrons. The Balaban J connectivity index is 1.97. The predicted octanol–water partition coefficient (Wildman–Crippen LogP) is 3.73. The van der Waals surface area contributed by atoms with Gasteiger partial charge in [-0.25, -0.2) is 4.98 Å². The number of benzene rings is 2. The average molecular weight is 425 g/mol. The van der Waals surface area contributed by atoms with Gasteiger partial charge in [0, 0.05) is 18.1 Å². The number of hydrogen-bond acceptors (Lipinski definition) is 5. The zero-order chi connectivity index (χ0) is 20.7. The molecule has 3 rings (SSSR count). The van der Waals surface area contributed by atoms with Gasteiger partial charge < -0.3 is 9.16 Å². The second-order valence-electron chi connectivity index (χ2n) is 7.94. The Hall–Kier alpha value is -2.15. The van der Waals surface area contributed by atoms with Crippen LogP contribution in [0, 0.1) is 0 Å². The van der Waals surface area contributed by atoms with Gasteiger partial charge in [-0.15, -0.1) is 0 Å². The fraction of sp³-hybridized carbons (Fsp3) is 0.304. The zero-order valence-corrected chi connectivity index (χ0v) is 19.0. The molecule has 29 heavy (non-hydrogen) atoms. The number of ether oxygens (including phenoxy) is 1. The van der Waals surface area contributed by atoms with Gasteiger partial charge in [0.25, 0.3) is 8.32 Å². The molecule has 0 radical (unpaired) electrons. The van der Waals surface area contributed by atoms with Crippen LogP contribution in [0.15, 0.2) is 79.3 Å². The highest BCUT2D eigenvalue weighted by atomic mass is 32.1. The lowest BCUT2D eigenvalue weighted by Crippen LogP contribution is -2.67. The quantitative estimate of drug-likeness (QED) is 0.442. The van der Waals surface area contributed by atoms with Gasteiger partial charge in [-0.05, 0) is 15.4 Å². The van der Waals surface area contributed by atoms with Gasteiger partial charge in [-0.2, -0.15) is 12.6 Å². The van der Waals surface area contributed by atoms with Crippen LogP contribution < -0.4 is 15.1 Å². The molecule has 0 aliphatic heterocycles. The van der Waals surface area contributed by atoms with Crippen molar-refractivity contribution < 1.29 is 9.16 Å². The zero-order valence-electron chi connectivity index (χ0n) is 17.2. The number of nitrogens with zero attached hydrogens (tertiary/aromatic N) is 2. The monoisotopic (exact) mass is 424 g/mol. The van der Waals surface area contributed by atoms with E-state index in [0.29, 0.717) is 18.2 Å². The van der Waals surface area contributed by atoms with E-state index in [9.17, 15) is 0 Å². The maximum atomic E-state index is 6.91. The van der Waals surface area contributed by atoms with E-state index in [1.807, 2.05) is 12.1 Å². The van der Waals surface area contributed by atoms with Crippen molar-refractivity contribution in [1.29, 1.82) is 0 Å². The highest BCUT2D eigenvalue weighted by Crippen LogP contribution is 2.36. The first kappa shape index (κ1) is 21.6. The summed E-state index contributed by atoms with van der Waals surface area (Å²) in [5, 5.41) is 2.41. The minimum atomic E-state index is -2.60. The minimum Gasteiger partial charge on any atom is -0.470 e. The van der Waals surface area contributed by atoms with E-state index in [1.54, 1.807) is 18.6 Å². The molecule has 0 spiro atoms. The molecule has 3 aromatic rings. The molecule has 0 amide bonds. The van der Waals surface area contributed by atoms with Crippen LogP contribution in [0.5, 0.6) is 5.88 Å². The number of thiol groups is 1. The second-order valence-corrected chi connectivity index (χ2v) is 12.6. The maximum Gasteiger partial charge on any atom is 0.261 e. The molecule has 1 heterocycles. The summed E-state index contributed by atoms with van der Waals surface area (Å²) in [7, 11) is -2.60. The van der Waals surface area contributed by atoms with Crippen LogP contribution >= 0.6 is 12.6 Å². The molecule has 1 unspecified atom stereocenters. The number of hydrogen-bond donors (Lipinski definition) is 1. The lowest BCUT2D eigenvalue weighted by atomic mass is 10.2. The van der Waals surface area contributed by atoms with Crippen molar-refractivity contribution >= 4 is 31.3 Å². The molecule has 6 heteroatoms. The highest BCUT2D eigenvalue weighted by molar-refractivity contribution is 7.80. The topological polar surface area (TPSA) is 44.2 Å². The summed E-state index contributed by atoms with van der Waals surface area (Å²) in [4.78, 5) is 8.28. The smallest absolute Gasteiger partial charge is 0.261 e. The van der Waals surface area contributed by atoms with E-state index in [1.165, 1.54) is 10.4 Å². The van der Waals surface area contributed by atoms with Gasteiger partial charge >= 0.3 is 0 Å². The Morgan fingerprint density at radius 3 is 1.97 bits per heavy atom. The second kappa shape index (κ2) is 9.56. The van der Waals surface area contributed by atoms with Crippen molar-refractivity contribution in [3.05, 3.63) is 79.3 Å². The molecule has 1 aromatic heterocycles. The van der Waals surface area contributed by atoms with Gasteiger partial charge in [0.2, 0.25) is 5.88 Å². The molecule has 0 aliphatic rings. The average Bonchev–Trinajstić information content (AvgIpc) is 2.74. The van der Waals surface area contributed by atoms with Crippen molar-refractivity contribution in [3.63, 3.8) is 0 Å². The third-order valence-corrected chi connectivity index (χ3v) is 10.3. The van der Waals surface area contributed by atoms with Crippen molar-refractivity contribution in [3.8, 4) is 5.88 Å². The van der Waals surface area contributed by atoms with Crippen LogP contribution in [-0.2, 0) is 4.43 Å². The van der Waals surface area contributed by atoms with Gasteiger partial charge in [0.05, 0.1) is 12.8 Å². The fourth-order valence-corrected chi connectivity index (χ4v) is 8.39. The van der Waals surface area contributed by atoms with Crippen molar-refractivity contribution in [2.45, 2.75) is 31.9 Å². The van der Waals surface area contributed by atoms with E-state index < -0.39 is 8.32 Å². The number of rotatable bonds is 8. The summed E-state index contributed by atoms with van der Waals surface area (Å²) in [5.74, 6) is 1.01. The Kier molecular flexibility index (Phi) is 7.11. The highest BCUT2D eigenvalue weighted by Gasteiger charge is 2.50. The molecule has 4 nitrogen and oxygen atoms in total. The van der Waals surface area contributed by atoms with Crippen molar-refractivity contribution in [2.24, 2.45) is 0 Å². The normalized spacial score (nSPS) is 13.1. The molecular formula is C23H28N2O2SSi. The molecular weight excluding hydrogens is 396 g/mol. The third kappa shape index (κ3) is 4.89. The molecule has 0 saturated heterocycles. The van der Waals surface area contributed by atoms with Crippen LogP contribution in [0.25, 0.3) is 0 Å². The van der Waals surface area contributed by atoms with Crippen molar-refractivity contribution in [1.82, 2.24) is 9.97 Å². The largest absolute Gasteiger partial charge is 0.470 e. The minimum absolute atomic E-state index is 0.0800. The van der Waals surface area contributed by atoms with Crippen LogP contribution in [-0.4, -0.2) is 36.7 Å². The summed E-state index contributed by atoms with van der Waals surface area (Å²) in [5.41, 5.74) is 0. The molecule has 2 aromatic carbocycles. The lowest BCUT2D eigenvalue weighted by Gasteiger charge is -2.43. The van der Waals surface area contributed by atoms with E-state index in [4.69, 9.17) is 9.16 Å². The molecule has 0 N–H and O–H groups in total. The summed E-state index contributed by atoms with van der Waals surface area (Å²) in [6.45, 7) is 7.21. The molecule has 0 fully saturated rings. The Bertz CT molecular complexity index is 834. The van der Waals surface area contributed by atoms with E-state index in [-0.39, 0.29) is 11.1 Å². The van der Waals surface area contributed by atoms with Gasteiger partial charge in [-0.1, -0.05) is 81.4 Å². The summed E-state index contributed by atoms with van der Waals surface area (Å²) < 4.78 is 12.9. The lowest BCUT2D eigenvalue weighted by molar-refractivity contribution is 0.135. The van der Waals surface area contributed by atoms with Crippen molar-refractivity contribution in [2.75, 3.05) is 12.4 Å². The summed E-state index contributed by atoms with van der Waals surface area (Å²) in [6.07, 6.45) is 4.63. The first-order valence-electron chi connectivity index (χ1n) is 9.76. The van der Waals surface area contributed by atoms with Crippen LogP contribution in [0.2, 0.25) is 5.04 Å². The Morgan fingerprint density at radius 2 is 1.52 bits per heavy atom. The summed E-state index contributed by atoms with van der Waals surface area (Å²) in [6, 6.07) is 21.2. The summed E-state index contributed by atoms with van der Waals surface area (Å²) >= 11 is 4.49. The maximum absolute atomic E-state index is 6.91. The molecule has 0 bridgehead atoms.